The lowest BCUT2D eigenvalue weighted by Gasteiger charge is -2.24. The van der Waals surface area contributed by atoms with Crippen LogP contribution in [0.15, 0.2) is 24.3 Å². The first-order valence-corrected chi connectivity index (χ1v) is 7.27. The van der Waals surface area contributed by atoms with Gasteiger partial charge in [0.15, 0.2) is 0 Å². The number of ether oxygens (including phenoxy) is 1. The van der Waals surface area contributed by atoms with Crippen LogP contribution < -0.4 is 5.32 Å². The predicted octanol–water partition coefficient (Wildman–Crippen LogP) is 2.48. The Morgan fingerprint density at radius 2 is 2.14 bits per heavy atom. The fraction of sp³-hybridized carbons (Fsp3) is 0.438. The van der Waals surface area contributed by atoms with E-state index in [1.54, 1.807) is 29.2 Å². The van der Waals surface area contributed by atoms with Gasteiger partial charge in [-0.1, -0.05) is 0 Å². The minimum atomic E-state index is -0.254. The fourth-order valence-corrected chi connectivity index (χ4v) is 2.33. The van der Waals surface area contributed by atoms with Crippen molar-refractivity contribution < 1.29 is 9.53 Å². The second kappa shape index (κ2) is 8.02. The predicted molar refractivity (Wildman–Crippen MR) is 81.0 cm³/mol. The molecule has 1 aliphatic rings. The van der Waals surface area contributed by atoms with Gasteiger partial charge in [-0.15, -0.1) is 0 Å². The number of hydrogen-bond acceptors (Lipinski definition) is 4. The summed E-state index contributed by atoms with van der Waals surface area (Å²) in [5.41, 5.74) is 1.16. The van der Waals surface area contributed by atoms with Crippen molar-refractivity contribution >= 4 is 11.7 Å². The molecule has 1 atom stereocenters. The molecule has 22 heavy (non-hydrogen) atoms. The summed E-state index contributed by atoms with van der Waals surface area (Å²) in [5.74, 6) is 0. The highest BCUT2D eigenvalue weighted by Gasteiger charge is 2.22. The van der Waals surface area contributed by atoms with E-state index in [-0.39, 0.29) is 18.6 Å². The molecule has 1 unspecified atom stereocenters. The number of urea groups is 1. The van der Waals surface area contributed by atoms with E-state index in [1.165, 1.54) is 0 Å². The van der Waals surface area contributed by atoms with Crippen molar-refractivity contribution in [2.45, 2.75) is 25.4 Å². The van der Waals surface area contributed by atoms with Crippen LogP contribution in [0.4, 0.5) is 10.5 Å². The first-order valence-electron chi connectivity index (χ1n) is 7.27. The Morgan fingerprint density at radius 3 is 2.73 bits per heavy atom. The van der Waals surface area contributed by atoms with Gasteiger partial charge in [-0.3, -0.25) is 0 Å². The summed E-state index contributed by atoms with van der Waals surface area (Å²) in [6, 6.07) is 10.5. The van der Waals surface area contributed by atoms with E-state index in [1.807, 2.05) is 6.07 Å². The number of amides is 2. The molecule has 1 N–H and O–H groups in total. The van der Waals surface area contributed by atoms with E-state index in [9.17, 15) is 4.79 Å². The summed E-state index contributed by atoms with van der Waals surface area (Å²) >= 11 is 0. The Bertz CT molecular complexity index is 580. The Kier molecular flexibility index (Phi) is 5.76. The normalized spacial score (nSPS) is 16.5. The average molecular weight is 298 g/mol. The third kappa shape index (κ3) is 4.47. The van der Waals surface area contributed by atoms with Gasteiger partial charge in [-0.25, -0.2) is 4.79 Å². The van der Waals surface area contributed by atoms with E-state index in [0.29, 0.717) is 24.3 Å². The van der Waals surface area contributed by atoms with Crippen molar-refractivity contribution in [3.05, 3.63) is 29.8 Å². The summed E-state index contributed by atoms with van der Waals surface area (Å²) in [5, 5.41) is 20.3. The molecule has 0 bridgehead atoms. The van der Waals surface area contributed by atoms with Gasteiger partial charge in [0, 0.05) is 25.4 Å². The van der Waals surface area contributed by atoms with E-state index in [2.05, 4.69) is 11.4 Å². The molecule has 1 fully saturated rings. The number of hydrogen-bond donors (Lipinski definition) is 1. The Morgan fingerprint density at radius 1 is 1.36 bits per heavy atom. The Balaban J connectivity index is 1.97. The molecule has 6 nitrogen and oxygen atoms in total. The molecule has 1 aliphatic heterocycles. The molecular formula is C16H18N4O2. The molecule has 0 aliphatic carbocycles. The number of rotatable bonds is 5. The van der Waals surface area contributed by atoms with Crippen molar-refractivity contribution in [1.82, 2.24) is 4.90 Å². The lowest BCUT2D eigenvalue weighted by molar-refractivity contribution is 0.0841. The maximum absolute atomic E-state index is 12.3. The van der Waals surface area contributed by atoms with Crippen LogP contribution >= 0.6 is 0 Å². The number of nitrogens with zero attached hydrogens (tertiary/aromatic N) is 3. The van der Waals surface area contributed by atoms with Crippen molar-refractivity contribution in [2.24, 2.45) is 0 Å². The van der Waals surface area contributed by atoms with Gasteiger partial charge in [-0.05, 0) is 37.1 Å². The standard InChI is InChI=1S/C16H18N4O2/c17-8-2-9-20(12-15-3-1-10-22-15)16(21)19-14-6-4-13(11-18)5-7-14/h4-7,15H,1-3,9-10,12H2,(H,19,21). The van der Waals surface area contributed by atoms with Crippen LogP contribution in [0.5, 0.6) is 0 Å². The van der Waals surface area contributed by atoms with Crippen LogP contribution in [-0.2, 0) is 4.74 Å². The maximum Gasteiger partial charge on any atom is 0.321 e. The molecule has 1 saturated heterocycles. The highest BCUT2D eigenvalue weighted by molar-refractivity contribution is 5.89. The van der Waals surface area contributed by atoms with Gasteiger partial charge in [0.1, 0.15) is 0 Å². The molecule has 1 aromatic rings. The molecule has 2 rings (SSSR count). The number of carbonyl (C=O) groups excluding carboxylic acids is 1. The molecular weight excluding hydrogens is 280 g/mol. The third-order valence-electron chi connectivity index (χ3n) is 3.49. The van der Waals surface area contributed by atoms with E-state index in [4.69, 9.17) is 15.3 Å². The number of benzene rings is 1. The first kappa shape index (κ1) is 15.8. The molecule has 114 valence electrons. The van der Waals surface area contributed by atoms with E-state index >= 15 is 0 Å². The molecule has 1 heterocycles. The molecule has 0 radical (unpaired) electrons. The van der Waals surface area contributed by atoms with Crippen molar-refractivity contribution in [2.75, 3.05) is 25.0 Å². The van der Waals surface area contributed by atoms with Crippen LogP contribution in [0.3, 0.4) is 0 Å². The first-order chi connectivity index (χ1) is 10.7. The van der Waals surface area contributed by atoms with Crippen LogP contribution in [-0.4, -0.2) is 36.7 Å². The van der Waals surface area contributed by atoms with Gasteiger partial charge in [-0.2, -0.15) is 10.5 Å². The van der Waals surface area contributed by atoms with Gasteiger partial charge in [0.25, 0.3) is 0 Å². The van der Waals surface area contributed by atoms with Gasteiger partial charge < -0.3 is 15.0 Å². The zero-order valence-electron chi connectivity index (χ0n) is 12.3. The SMILES string of the molecule is N#CCCN(CC1CCCO1)C(=O)Nc1ccc(C#N)cc1. The molecule has 0 aromatic heterocycles. The number of nitriles is 2. The largest absolute Gasteiger partial charge is 0.376 e. The van der Waals surface area contributed by atoms with Gasteiger partial charge in [0.2, 0.25) is 0 Å². The summed E-state index contributed by atoms with van der Waals surface area (Å²) in [6.07, 6.45) is 2.28. The van der Waals surface area contributed by atoms with Crippen molar-refractivity contribution in [1.29, 1.82) is 10.5 Å². The third-order valence-corrected chi connectivity index (χ3v) is 3.49. The second-order valence-electron chi connectivity index (χ2n) is 5.11. The second-order valence-corrected chi connectivity index (χ2v) is 5.11. The zero-order valence-corrected chi connectivity index (χ0v) is 12.3. The molecule has 0 spiro atoms. The van der Waals surface area contributed by atoms with Crippen LogP contribution in [0, 0.1) is 22.7 Å². The van der Waals surface area contributed by atoms with Crippen molar-refractivity contribution in [3.8, 4) is 12.1 Å². The topological polar surface area (TPSA) is 89.2 Å². The van der Waals surface area contributed by atoms with Crippen LogP contribution in [0.25, 0.3) is 0 Å². The van der Waals surface area contributed by atoms with Gasteiger partial charge in [0.05, 0.1) is 30.2 Å². The summed E-state index contributed by atoms with van der Waals surface area (Å²) in [6.45, 7) is 1.59. The minimum absolute atomic E-state index is 0.0467. The van der Waals surface area contributed by atoms with Crippen molar-refractivity contribution in [3.63, 3.8) is 0 Å². The summed E-state index contributed by atoms with van der Waals surface area (Å²) < 4.78 is 5.55. The zero-order chi connectivity index (χ0) is 15.8. The maximum atomic E-state index is 12.3. The fourth-order valence-electron chi connectivity index (χ4n) is 2.33. The molecule has 2 amide bonds. The van der Waals surface area contributed by atoms with Gasteiger partial charge >= 0.3 is 6.03 Å². The highest BCUT2D eigenvalue weighted by Crippen LogP contribution is 2.15. The lowest BCUT2D eigenvalue weighted by Crippen LogP contribution is -2.40. The smallest absolute Gasteiger partial charge is 0.321 e. The molecule has 1 aromatic carbocycles. The van der Waals surface area contributed by atoms with Crippen LogP contribution in [0.2, 0.25) is 0 Å². The highest BCUT2D eigenvalue weighted by atomic mass is 16.5. The Hall–Kier alpha value is -2.57. The number of carbonyl (C=O) groups is 1. The quantitative estimate of drug-likeness (QED) is 0.904. The number of anilines is 1. The summed E-state index contributed by atoms with van der Waals surface area (Å²) in [7, 11) is 0. The molecule has 6 heteroatoms. The lowest BCUT2D eigenvalue weighted by atomic mass is 10.2. The minimum Gasteiger partial charge on any atom is -0.376 e. The Labute approximate surface area is 129 Å². The van der Waals surface area contributed by atoms with Crippen LogP contribution in [0.1, 0.15) is 24.8 Å². The average Bonchev–Trinajstić information content (AvgIpc) is 3.05. The summed E-state index contributed by atoms with van der Waals surface area (Å²) in [4.78, 5) is 14.0. The number of nitrogens with one attached hydrogen (secondary N) is 1. The van der Waals surface area contributed by atoms with E-state index < -0.39 is 0 Å². The monoisotopic (exact) mass is 298 g/mol. The van der Waals surface area contributed by atoms with E-state index in [0.717, 1.165) is 19.4 Å². The molecule has 0 saturated carbocycles.